The van der Waals surface area contributed by atoms with E-state index in [1.807, 2.05) is 12.1 Å². The minimum atomic E-state index is 0.778. The Balaban J connectivity index is 1.64. The van der Waals surface area contributed by atoms with E-state index < -0.39 is 0 Å². The molecule has 1 aromatic heterocycles. The van der Waals surface area contributed by atoms with Gasteiger partial charge in [0.1, 0.15) is 0 Å². The van der Waals surface area contributed by atoms with E-state index in [1.54, 1.807) is 0 Å². The van der Waals surface area contributed by atoms with Crippen LogP contribution in [0.15, 0.2) is 60.8 Å². The molecule has 0 aliphatic rings. The summed E-state index contributed by atoms with van der Waals surface area (Å²) in [4.78, 5) is 11.2. The van der Waals surface area contributed by atoms with Gasteiger partial charge in [0, 0.05) is 23.7 Å². The Hall–Kier alpha value is -2.35. The van der Waals surface area contributed by atoms with Crippen molar-refractivity contribution in [2.45, 2.75) is 25.8 Å². The molecule has 0 saturated heterocycles. The first kappa shape index (κ1) is 13.6. The second kappa shape index (κ2) is 6.40. The normalized spacial score (nSPS) is 10.9. The third-order valence-corrected chi connectivity index (χ3v) is 3.90. The number of aromatic nitrogens is 1. The number of para-hydroxylation sites is 1. The monoisotopic (exact) mass is 277 g/mol. The van der Waals surface area contributed by atoms with E-state index >= 15 is 0 Å². The molecule has 0 spiro atoms. The molecular formula is C19H19NO. The number of hydrogen-bond acceptors (Lipinski definition) is 1. The van der Waals surface area contributed by atoms with Crippen LogP contribution in [0.5, 0.6) is 0 Å². The molecule has 0 amide bonds. The van der Waals surface area contributed by atoms with Crippen LogP contribution in [0.2, 0.25) is 0 Å². The topological polar surface area (TPSA) is 22.0 Å². The van der Waals surface area contributed by atoms with Gasteiger partial charge in [0.25, 0.3) is 0 Å². The molecule has 21 heavy (non-hydrogen) atoms. The summed E-state index contributed by atoms with van der Waals surface area (Å²) in [6.45, 7) is 0.960. The van der Waals surface area contributed by atoms with Crippen molar-refractivity contribution in [2.24, 2.45) is 0 Å². The first-order valence-electron chi connectivity index (χ1n) is 7.45. The number of benzene rings is 2. The van der Waals surface area contributed by atoms with Gasteiger partial charge in [0.2, 0.25) is 0 Å². The number of nitrogens with zero attached hydrogens (tertiary/aromatic N) is 1. The summed E-state index contributed by atoms with van der Waals surface area (Å²) in [5, 5.41) is 1.14. The highest BCUT2D eigenvalue weighted by molar-refractivity contribution is 5.96. The number of aryl methyl sites for hydroxylation is 2. The van der Waals surface area contributed by atoms with Crippen molar-refractivity contribution in [3.8, 4) is 0 Å². The molecule has 0 bridgehead atoms. The zero-order chi connectivity index (χ0) is 14.5. The second-order valence-corrected chi connectivity index (χ2v) is 5.35. The maximum Gasteiger partial charge on any atom is 0.152 e. The Morgan fingerprint density at radius 2 is 1.76 bits per heavy atom. The highest BCUT2D eigenvalue weighted by atomic mass is 16.1. The molecule has 3 rings (SSSR count). The Bertz CT molecular complexity index is 728. The van der Waals surface area contributed by atoms with Crippen LogP contribution in [0.4, 0.5) is 0 Å². The first-order chi connectivity index (χ1) is 10.4. The molecule has 3 aromatic rings. The molecule has 0 aliphatic carbocycles. The van der Waals surface area contributed by atoms with Crippen LogP contribution in [0.3, 0.4) is 0 Å². The van der Waals surface area contributed by atoms with E-state index in [9.17, 15) is 4.79 Å². The Morgan fingerprint density at radius 1 is 0.905 bits per heavy atom. The smallest absolute Gasteiger partial charge is 0.152 e. The van der Waals surface area contributed by atoms with E-state index in [0.29, 0.717) is 0 Å². The fourth-order valence-electron chi connectivity index (χ4n) is 2.83. The van der Waals surface area contributed by atoms with Gasteiger partial charge in [-0.1, -0.05) is 42.5 Å². The lowest BCUT2D eigenvalue weighted by atomic mass is 10.1. The van der Waals surface area contributed by atoms with Gasteiger partial charge in [-0.05, 0) is 37.0 Å². The summed E-state index contributed by atoms with van der Waals surface area (Å²) in [6, 6.07) is 18.5. The molecule has 0 aliphatic heterocycles. The number of fused-ring (bicyclic) bond motifs is 1. The van der Waals surface area contributed by atoms with Crippen LogP contribution in [0.25, 0.3) is 10.9 Å². The molecule has 0 saturated carbocycles. The lowest BCUT2D eigenvalue weighted by Gasteiger charge is -2.07. The van der Waals surface area contributed by atoms with Gasteiger partial charge >= 0.3 is 0 Å². The number of carbonyl (C=O) groups excluding carboxylic acids is 1. The number of carbonyl (C=O) groups is 1. The summed E-state index contributed by atoms with van der Waals surface area (Å²) in [5.41, 5.74) is 3.23. The third-order valence-electron chi connectivity index (χ3n) is 3.90. The van der Waals surface area contributed by atoms with Crippen molar-refractivity contribution in [2.75, 3.05) is 0 Å². The van der Waals surface area contributed by atoms with Crippen LogP contribution >= 0.6 is 0 Å². The van der Waals surface area contributed by atoms with Gasteiger partial charge in [0.05, 0.1) is 5.52 Å². The maximum atomic E-state index is 11.2. The van der Waals surface area contributed by atoms with Gasteiger partial charge in [-0.3, -0.25) is 4.79 Å². The molecule has 106 valence electrons. The van der Waals surface area contributed by atoms with Crippen molar-refractivity contribution in [3.63, 3.8) is 0 Å². The minimum absolute atomic E-state index is 0.778. The molecule has 0 radical (unpaired) electrons. The lowest BCUT2D eigenvalue weighted by Crippen LogP contribution is -1.99. The van der Waals surface area contributed by atoms with Crippen molar-refractivity contribution in [1.29, 1.82) is 0 Å². The first-order valence-corrected chi connectivity index (χ1v) is 7.45. The van der Waals surface area contributed by atoms with Crippen LogP contribution in [-0.4, -0.2) is 10.9 Å². The fraction of sp³-hybridized carbons (Fsp3) is 0.211. The van der Waals surface area contributed by atoms with Crippen LogP contribution in [-0.2, 0) is 13.0 Å². The van der Waals surface area contributed by atoms with Crippen LogP contribution in [0.1, 0.15) is 28.8 Å². The van der Waals surface area contributed by atoms with Crippen molar-refractivity contribution >= 4 is 17.2 Å². The summed E-state index contributed by atoms with van der Waals surface area (Å²) in [6.07, 6.45) is 6.42. The zero-order valence-corrected chi connectivity index (χ0v) is 12.0. The Labute approximate surface area is 125 Å². The predicted octanol–water partition coefficient (Wildman–Crippen LogP) is 4.48. The average molecular weight is 277 g/mol. The van der Waals surface area contributed by atoms with Crippen molar-refractivity contribution < 1.29 is 4.79 Å². The van der Waals surface area contributed by atoms with Crippen molar-refractivity contribution in [3.05, 3.63) is 71.9 Å². The molecule has 2 heteroatoms. The molecule has 0 fully saturated rings. The average Bonchev–Trinajstić information content (AvgIpc) is 2.96. The van der Waals surface area contributed by atoms with E-state index in [2.05, 4.69) is 53.2 Å². The largest absolute Gasteiger partial charge is 0.347 e. The summed E-state index contributed by atoms with van der Waals surface area (Å²) in [7, 11) is 0. The molecule has 2 aromatic carbocycles. The Kier molecular flexibility index (Phi) is 4.15. The SMILES string of the molecule is O=Cc1cccc2ccn(CCCCc3ccccc3)c12. The van der Waals surface area contributed by atoms with Gasteiger partial charge in [-0.2, -0.15) is 0 Å². The second-order valence-electron chi connectivity index (χ2n) is 5.35. The van der Waals surface area contributed by atoms with Gasteiger partial charge in [-0.15, -0.1) is 0 Å². The van der Waals surface area contributed by atoms with Crippen LogP contribution in [0, 0.1) is 0 Å². The molecule has 2 nitrogen and oxygen atoms in total. The third kappa shape index (κ3) is 3.05. The summed E-state index contributed by atoms with van der Waals surface area (Å²) >= 11 is 0. The highest BCUT2D eigenvalue weighted by Crippen LogP contribution is 2.20. The van der Waals surface area contributed by atoms with Crippen LogP contribution < -0.4 is 0 Å². The standard InChI is InChI=1S/C19H19NO/c21-15-18-11-6-10-17-12-14-20(19(17)18)13-5-4-9-16-7-2-1-3-8-16/h1-3,6-8,10-12,14-15H,4-5,9,13H2. The lowest BCUT2D eigenvalue weighted by molar-refractivity contribution is 0.112. The van der Waals surface area contributed by atoms with E-state index in [-0.39, 0.29) is 0 Å². The van der Waals surface area contributed by atoms with E-state index in [1.165, 1.54) is 5.56 Å². The Morgan fingerprint density at radius 3 is 2.57 bits per heavy atom. The van der Waals surface area contributed by atoms with E-state index in [0.717, 1.165) is 48.6 Å². The fourth-order valence-corrected chi connectivity index (χ4v) is 2.83. The van der Waals surface area contributed by atoms with Gasteiger partial charge in [0.15, 0.2) is 6.29 Å². The number of unbranched alkanes of at least 4 members (excludes halogenated alkanes) is 1. The highest BCUT2D eigenvalue weighted by Gasteiger charge is 2.05. The molecule has 1 heterocycles. The van der Waals surface area contributed by atoms with Crippen molar-refractivity contribution in [1.82, 2.24) is 4.57 Å². The predicted molar refractivity (Wildman–Crippen MR) is 86.7 cm³/mol. The molecule has 0 atom stereocenters. The zero-order valence-electron chi connectivity index (χ0n) is 12.0. The molecule has 0 unspecified atom stereocenters. The summed E-state index contributed by atoms with van der Waals surface area (Å²) < 4.78 is 2.20. The molecular weight excluding hydrogens is 258 g/mol. The minimum Gasteiger partial charge on any atom is -0.347 e. The van der Waals surface area contributed by atoms with E-state index in [4.69, 9.17) is 0 Å². The maximum absolute atomic E-state index is 11.2. The number of hydrogen-bond donors (Lipinski definition) is 0. The number of aldehydes is 1. The quantitative estimate of drug-likeness (QED) is 0.481. The number of rotatable bonds is 6. The van der Waals surface area contributed by atoms with Gasteiger partial charge in [-0.25, -0.2) is 0 Å². The van der Waals surface area contributed by atoms with Gasteiger partial charge < -0.3 is 4.57 Å². The molecule has 0 N–H and O–H groups in total. The summed E-state index contributed by atoms with van der Waals surface area (Å²) in [5.74, 6) is 0.